The van der Waals surface area contributed by atoms with Crippen LogP contribution in [0.2, 0.25) is 5.02 Å². The molecule has 0 unspecified atom stereocenters. The summed E-state index contributed by atoms with van der Waals surface area (Å²) in [6, 6.07) is 6.92. The monoisotopic (exact) mass is 370 g/mol. The van der Waals surface area contributed by atoms with Gasteiger partial charge in [-0.25, -0.2) is 0 Å². The van der Waals surface area contributed by atoms with Crippen molar-refractivity contribution in [2.45, 2.75) is 31.2 Å². The number of thioether (sulfide) groups is 1. The first-order chi connectivity index (χ1) is 11.3. The van der Waals surface area contributed by atoms with Crippen LogP contribution in [0.25, 0.3) is 0 Å². The topological polar surface area (TPSA) is 58.6 Å². The molecule has 1 fully saturated rings. The van der Waals surface area contributed by atoms with Crippen LogP contribution in [0.3, 0.4) is 0 Å². The fourth-order valence-electron chi connectivity index (χ4n) is 2.39. The van der Waals surface area contributed by atoms with Crippen molar-refractivity contribution >= 4 is 35.2 Å². The van der Waals surface area contributed by atoms with Crippen molar-refractivity contribution in [2.75, 3.05) is 26.0 Å². The highest BCUT2D eigenvalue weighted by Crippen LogP contribution is 2.29. The second-order valence-corrected chi connectivity index (χ2v) is 8.24. The molecule has 1 atom stereocenters. The van der Waals surface area contributed by atoms with Crippen LogP contribution in [0.5, 0.6) is 0 Å². The fourth-order valence-corrected chi connectivity index (χ4v) is 3.58. The predicted octanol–water partition coefficient (Wildman–Crippen LogP) is 2.33. The molecule has 7 heteroatoms. The Morgan fingerprint density at radius 2 is 2.17 bits per heavy atom. The van der Waals surface area contributed by atoms with Crippen LogP contribution < -0.4 is 5.32 Å². The second-order valence-electron chi connectivity index (χ2n) is 6.19. The number of benzene rings is 1. The molecule has 0 spiro atoms. The Morgan fingerprint density at radius 1 is 1.46 bits per heavy atom. The van der Waals surface area contributed by atoms with Gasteiger partial charge in [0.2, 0.25) is 11.8 Å². The fraction of sp³-hybridized carbons (Fsp3) is 0.529. The minimum atomic E-state index is -0.519. The summed E-state index contributed by atoms with van der Waals surface area (Å²) in [5, 5.41) is 3.46. The summed E-state index contributed by atoms with van der Waals surface area (Å²) in [5.74, 6) is 0.341. The third kappa shape index (κ3) is 4.65. The van der Waals surface area contributed by atoms with Crippen molar-refractivity contribution in [1.29, 1.82) is 0 Å². The maximum atomic E-state index is 12.9. The van der Waals surface area contributed by atoms with E-state index < -0.39 is 10.8 Å². The summed E-state index contributed by atoms with van der Waals surface area (Å²) in [5.41, 5.74) is 0.874. The summed E-state index contributed by atoms with van der Waals surface area (Å²) in [4.78, 5) is 26.7. The van der Waals surface area contributed by atoms with E-state index in [2.05, 4.69) is 5.32 Å². The number of halogens is 1. The van der Waals surface area contributed by atoms with Gasteiger partial charge in [-0.3, -0.25) is 9.59 Å². The quantitative estimate of drug-likeness (QED) is 0.834. The number of ether oxygens (including phenoxy) is 1. The van der Waals surface area contributed by atoms with Crippen molar-refractivity contribution in [3.63, 3.8) is 0 Å². The van der Waals surface area contributed by atoms with Crippen LogP contribution >= 0.6 is 23.4 Å². The number of nitrogens with zero attached hydrogens (tertiary/aromatic N) is 1. The highest BCUT2D eigenvalue weighted by atomic mass is 35.5. The molecule has 1 aromatic carbocycles. The average molecular weight is 371 g/mol. The number of nitrogens with one attached hydrogen (secondary N) is 1. The third-order valence-corrected chi connectivity index (χ3v) is 5.73. The Kier molecular flexibility index (Phi) is 6.54. The van der Waals surface area contributed by atoms with Gasteiger partial charge in [0.15, 0.2) is 0 Å². The van der Waals surface area contributed by atoms with Crippen molar-refractivity contribution in [1.82, 2.24) is 10.2 Å². The Balaban J connectivity index is 2.11. The Hall–Kier alpha value is -1.24. The molecule has 0 aliphatic carbocycles. The minimum Gasteiger partial charge on any atom is -0.383 e. The smallest absolute Gasteiger partial charge is 0.246 e. The zero-order valence-electron chi connectivity index (χ0n) is 14.2. The largest absolute Gasteiger partial charge is 0.383 e. The molecular weight excluding hydrogens is 348 g/mol. The van der Waals surface area contributed by atoms with Crippen LogP contribution in [0.1, 0.15) is 19.4 Å². The van der Waals surface area contributed by atoms with Crippen LogP contribution in [0, 0.1) is 0 Å². The molecule has 2 rings (SSSR count). The summed E-state index contributed by atoms with van der Waals surface area (Å²) in [7, 11) is 1.60. The maximum absolute atomic E-state index is 12.9. The van der Waals surface area contributed by atoms with Gasteiger partial charge in [0, 0.05) is 31.0 Å². The van der Waals surface area contributed by atoms with Crippen LogP contribution in [0.15, 0.2) is 24.3 Å². The van der Waals surface area contributed by atoms with E-state index in [0.29, 0.717) is 30.5 Å². The van der Waals surface area contributed by atoms with Gasteiger partial charge in [-0.15, -0.1) is 11.8 Å². The molecule has 1 saturated heterocycles. The van der Waals surface area contributed by atoms with Gasteiger partial charge in [0.25, 0.3) is 0 Å². The van der Waals surface area contributed by atoms with Crippen molar-refractivity contribution in [3.8, 4) is 0 Å². The van der Waals surface area contributed by atoms with E-state index in [9.17, 15) is 9.59 Å². The van der Waals surface area contributed by atoms with Crippen LogP contribution in [-0.2, 0) is 20.9 Å². The van der Waals surface area contributed by atoms with E-state index in [-0.39, 0.29) is 11.8 Å². The summed E-state index contributed by atoms with van der Waals surface area (Å²) in [6.07, 6.45) is 0. The number of carbonyl (C=O) groups is 2. The molecule has 24 heavy (non-hydrogen) atoms. The maximum Gasteiger partial charge on any atom is 0.246 e. The predicted molar refractivity (Wildman–Crippen MR) is 97.2 cm³/mol. The lowest BCUT2D eigenvalue weighted by Gasteiger charge is -2.35. The normalized spacial score (nSPS) is 19.7. The van der Waals surface area contributed by atoms with E-state index in [4.69, 9.17) is 16.3 Å². The molecule has 1 aliphatic heterocycles. The minimum absolute atomic E-state index is 0.108. The second kappa shape index (κ2) is 8.23. The molecule has 132 valence electrons. The number of carbonyl (C=O) groups excluding carboxylic acids is 2. The number of hydrogen-bond acceptors (Lipinski definition) is 4. The molecule has 0 radical (unpaired) electrons. The highest BCUT2D eigenvalue weighted by molar-refractivity contribution is 8.01. The average Bonchev–Trinajstić information content (AvgIpc) is 2.55. The van der Waals surface area contributed by atoms with E-state index in [1.807, 2.05) is 32.0 Å². The molecule has 1 aromatic rings. The number of rotatable bonds is 6. The molecule has 2 amide bonds. The summed E-state index contributed by atoms with van der Waals surface area (Å²) in [6.45, 7) is 4.99. The van der Waals surface area contributed by atoms with E-state index in [1.54, 1.807) is 18.1 Å². The number of hydrogen-bond donors (Lipinski definition) is 1. The summed E-state index contributed by atoms with van der Waals surface area (Å²) >= 11 is 7.71. The van der Waals surface area contributed by atoms with Crippen LogP contribution in [-0.4, -0.2) is 53.5 Å². The summed E-state index contributed by atoms with van der Waals surface area (Å²) < 4.78 is 4.61. The molecule has 0 saturated carbocycles. The van der Waals surface area contributed by atoms with Gasteiger partial charge < -0.3 is 15.0 Å². The van der Waals surface area contributed by atoms with E-state index in [0.717, 1.165) is 5.56 Å². The molecule has 1 heterocycles. The Morgan fingerprint density at radius 3 is 2.79 bits per heavy atom. The standard InChI is InChI=1S/C17H23ClN2O3S/c1-17(2)16(22)19-14(11-24-17)15(21)20(8-9-23-3)10-12-6-4-5-7-13(12)18/h4-7,14H,8-11H2,1-3H3,(H,19,22)/t14-/m1/s1. The molecule has 1 N–H and O–H groups in total. The first kappa shape index (κ1) is 19.1. The SMILES string of the molecule is COCCN(Cc1ccccc1Cl)C(=O)[C@H]1CSC(C)(C)C(=O)N1. The lowest BCUT2D eigenvalue weighted by molar-refractivity contribution is -0.137. The molecule has 0 bridgehead atoms. The van der Waals surface area contributed by atoms with Gasteiger partial charge in [0.1, 0.15) is 6.04 Å². The number of amides is 2. The molecule has 0 aromatic heterocycles. The Labute approximate surface area is 152 Å². The van der Waals surface area contributed by atoms with Crippen LogP contribution in [0.4, 0.5) is 0 Å². The third-order valence-electron chi connectivity index (χ3n) is 3.96. The van der Waals surface area contributed by atoms with Gasteiger partial charge in [0.05, 0.1) is 11.4 Å². The lowest BCUT2D eigenvalue weighted by Crippen LogP contribution is -2.58. The molecular formula is C17H23ClN2O3S. The molecule has 1 aliphatic rings. The van der Waals surface area contributed by atoms with Gasteiger partial charge in [-0.05, 0) is 25.5 Å². The number of methoxy groups -OCH3 is 1. The van der Waals surface area contributed by atoms with Crippen molar-refractivity contribution in [2.24, 2.45) is 0 Å². The van der Waals surface area contributed by atoms with E-state index in [1.165, 1.54) is 11.8 Å². The van der Waals surface area contributed by atoms with E-state index >= 15 is 0 Å². The van der Waals surface area contributed by atoms with Crippen molar-refractivity contribution in [3.05, 3.63) is 34.9 Å². The van der Waals surface area contributed by atoms with Crippen molar-refractivity contribution < 1.29 is 14.3 Å². The highest BCUT2D eigenvalue weighted by Gasteiger charge is 2.39. The zero-order valence-corrected chi connectivity index (χ0v) is 15.7. The molecule has 5 nitrogen and oxygen atoms in total. The first-order valence-corrected chi connectivity index (χ1v) is 9.17. The van der Waals surface area contributed by atoms with Gasteiger partial charge >= 0.3 is 0 Å². The van der Waals surface area contributed by atoms with Gasteiger partial charge in [-0.2, -0.15) is 0 Å². The van der Waals surface area contributed by atoms with Gasteiger partial charge in [-0.1, -0.05) is 29.8 Å². The zero-order chi connectivity index (χ0) is 17.7. The first-order valence-electron chi connectivity index (χ1n) is 7.81. The lowest BCUT2D eigenvalue weighted by atomic mass is 10.1. The Bertz CT molecular complexity index is 609.